The molecule has 2 aromatic carbocycles. The second kappa shape index (κ2) is 10.4. The van der Waals surface area contributed by atoms with E-state index in [1.807, 2.05) is 0 Å². The highest BCUT2D eigenvalue weighted by Crippen LogP contribution is 2.23. The average Bonchev–Trinajstić information content (AvgIpc) is 2.66. The molecule has 0 atom stereocenters. The minimum absolute atomic E-state index is 0.0272. The molecule has 30 heavy (non-hydrogen) atoms. The van der Waals surface area contributed by atoms with Crippen LogP contribution in [0.5, 0.6) is 5.75 Å². The Morgan fingerprint density at radius 2 is 1.80 bits per heavy atom. The van der Waals surface area contributed by atoms with Crippen LogP contribution in [-0.4, -0.2) is 46.3 Å². The zero-order valence-electron chi connectivity index (χ0n) is 15.7. The van der Waals surface area contributed by atoms with E-state index in [2.05, 4.69) is 10.1 Å². The highest BCUT2D eigenvalue weighted by Gasteiger charge is 2.17. The summed E-state index contributed by atoms with van der Waals surface area (Å²) in [6.07, 6.45) is 1.37. The van der Waals surface area contributed by atoms with Gasteiger partial charge in [0.2, 0.25) is 0 Å². The minimum atomic E-state index is -3.63. The topological polar surface area (TPSA) is 98.8 Å². The van der Waals surface area contributed by atoms with Crippen molar-refractivity contribution in [3.05, 3.63) is 58.6 Å². The number of hydrogen-bond donors (Lipinski definition) is 1. The molecule has 0 spiro atoms. The average molecular weight is 462 g/mol. The molecule has 0 saturated heterocycles. The van der Waals surface area contributed by atoms with Crippen molar-refractivity contribution in [3.63, 3.8) is 0 Å². The predicted molar refractivity (Wildman–Crippen MR) is 105 cm³/mol. The summed E-state index contributed by atoms with van der Waals surface area (Å²) in [5.74, 6) is -1.40. The maximum absolute atomic E-state index is 12.1. The van der Waals surface area contributed by atoms with Gasteiger partial charge in [-0.3, -0.25) is 4.79 Å². The highest BCUT2D eigenvalue weighted by atomic mass is 35.5. The summed E-state index contributed by atoms with van der Waals surface area (Å²) in [5, 5.41) is 2.52. The molecule has 0 aliphatic heterocycles. The van der Waals surface area contributed by atoms with Gasteiger partial charge in [0.1, 0.15) is 5.75 Å². The fraction of sp³-hybridized carbons (Fsp3) is 0.263. The molecule has 2 aromatic rings. The van der Waals surface area contributed by atoms with E-state index >= 15 is 0 Å². The predicted octanol–water partition coefficient (Wildman–Crippen LogP) is 2.86. The number of nitrogens with one attached hydrogen (secondary N) is 1. The molecule has 0 aliphatic rings. The van der Waals surface area contributed by atoms with Crippen LogP contribution < -0.4 is 10.1 Å². The van der Waals surface area contributed by atoms with Crippen molar-refractivity contribution in [1.29, 1.82) is 0 Å². The quantitative estimate of drug-likeness (QED) is 0.576. The third-order valence-electron chi connectivity index (χ3n) is 3.79. The fourth-order valence-corrected chi connectivity index (χ4v) is 3.67. The number of halogens is 3. The van der Waals surface area contributed by atoms with Gasteiger partial charge in [-0.1, -0.05) is 23.7 Å². The lowest BCUT2D eigenvalue weighted by atomic mass is 10.1. The Balaban J connectivity index is 1.80. The van der Waals surface area contributed by atoms with Crippen molar-refractivity contribution >= 4 is 33.3 Å². The Bertz CT molecular complexity index is 1010. The van der Waals surface area contributed by atoms with E-state index in [4.69, 9.17) is 16.3 Å². The summed E-state index contributed by atoms with van der Waals surface area (Å²) < 4.78 is 56.6. The second-order valence-electron chi connectivity index (χ2n) is 6.12. The Morgan fingerprint density at radius 3 is 2.40 bits per heavy atom. The van der Waals surface area contributed by atoms with E-state index < -0.39 is 34.9 Å². The summed E-state index contributed by atoms with van der Waals surface area (Å²) in [4.78, 5) is 23.6. The second-order valence-corrected chi connectivity index (χ2v) is 8.51. The first-order valence-electron chi connectivity index (χ1n) is 8.53. The summed E-state index contributed by atoms with van der Waals surface area (Å²) in [5.41, 5.74) is 0.724. The molecular weight excluding hydrogens is 444 g/mol. The third-order valence-corrected chi connectivity index (χ3v) is 5.36. The van der Waals surface area contributed by atoms with Crippen molar-refractivity contribution in [2.45, 2.75) is 17.9 Å². The number of rotatable bonds is 9. The molecule has 0 aliphatic carbocycles. The SMILES string of the molecule is CS(=O)(=O)c1cc(C(=O)OCC(=O)NCCc2ccc(OC(F)F)cc2)ccc1Cl. The van der Waals surface area contributed by atoms with Crippen LogP contribution >= 0.6 is 11.6 Å². The number of esters is 1. The first kappa shape index (κ1) is 23.6. The van der Waals surface area contributed by atoms with Gasteiger partial charge in [-0.2, -0.15) is 8.78 Å². The van der Waals surface area contributed by atoms with Crippen molar-refractivity contribution in [2.24, 2.45) is 0 Å². The van der Waals surface area contributed by atoms with Crippen LogP contribution in [0.4, 0.5) is 8.78 Å². The number of benzene rings is 2. The number of hydrogen-bond acceptors (Lipinski definition) is 6. The molecule has 0 heterocycles. The Morgan fingerprint density at radius 1 is 1.13 bits per heavy atom. The van der Waals surface area contributed by atoms with Gasteiger partial charge in [-0.25, -0.2) is 13.2 Å². The zero-order chi connectivity index (χ0) is 22.3. The molecule has 1 amide bonds. The summed E-state index contributed by atoms with van der Waals surface area (Å²) in [7, 11) is -3.63. The van der Waals surface area contributed by atoms with E-state index in [0.717, 1.165) is 17.9 Å². The van der Waals surface area contributed by atoms with E-state index in [-0.39, 0.29) is 27.8 Å². The van der Waals surface area contributed by atoms with Crippen molar-refractivity contribution in [3.8, 4) is 5.75 Å². The van der Waals surface area contributed by atoms with Gasteiger partial charge in [-0.05, 0) is 42.3 Å². The molecule has 7 nitrogen and oxygen atoms in total. The van der Waals surface area contributed by atoms with Gasteiger partial charge < -0.3 is 14.8 Å². The standard InChI is InChI=1S/C19H18ClF2NO6S/c1-30(26,27)16-10-13(4-7-15(16)20)18(25)28-11-17(24)23-9-8-12-2-5-14(6-3-12)29-19(21)22/h2-7,10,19H,8-9,11H2,1H3,(H,23,24). The lowest BCUT2D eigenvalue weighted by molar-refractivity contribution is -0.124. The number of alkyl halides is 2. The van der Waals surface area contributed by atoms with E-state index in [0.29, 0.717) is 6.42 Å². The third kappa shape index (κ3) is 7.27. The highest BCUT2D eigenvalue weighted by molar-refractivity contribution is 7.90. The Kier molecular flexibility index (Phi) is 8.13. The van der Waals surface area contributed by atoms with Crippen molar-refractivity contribution in [1.82, 2.24) is 5.32 Å². The lowest BCUT2D eigenvalue weighted by Crippen LogP contribution is -2.30. The molecule has 2 rings (SSSR count). The number of amides is 1. The summed E-state index contributed by atoms with van der Waals surface area (Å²) in [6, 6.07) is 9.59. The molecule has 162 valence electrons. The van der Waals surface area contributed by atoms with Crippen LogP contribution in [0.2, 0.25) is 5.02 Å². The van der Waals surface area contributed by atoms with Crippen molar-refractivity contribution in [2.75, 3.05) is 19.4 Å². The minimum Gasteiger partial charge on any atom is -0.452 e. The summed E-state index contributed by atoms with van der Waals surface area (Å²) >= 11 is 5.82. The Hall–Kier alpha value is -2.72. The molecule has 1 N–H and O–H groups in total. The summed E-state index contributed by atoms with van der Waals surface area (Å²) in [6.45, 7) is -3.23. The van der Waals surface area contributed by atoms with Gasteiger partial charge >= 0.3 is 12.6 Å². The van der Waals surface area contributed by atoms with Crippen LogP contribution in [0.1, 0.15) is 15.9 Å². The monoisotopic (exact) mass is 461 g/mol. The van der Waals surface area contributed by atoms with Crippen LogP contribution in [0.15, 0.2) is 47.4 Å². The van der Waals surface area contributed by atoms with Gasteiger partial charge in [0.05, 0.1) is 15.5 Å². The Labute approximate surface area is 176 Å². The van der Waals surface area contributed by atoms with E-state index in [1.54, 1.807) is 12.1 Å². The number of carbonyl (C=O) groups is 2. The van der Waals surface area contributed by atoms with E-state index in [1.165, 1.54) is 24.3 Å². The fourth-order valence-electron chi connectivity index (χ4n) is 2.36. The van der Waals surface area contributed by atoms with Gasteiger partial charge in [0.25, 0.3) is 5.91 Å². The number of carbonyl (C=O) groups excluding carboxylic acids is 2. The van der Waals surface area contributed by atoms with Crippen LogP contribution in [0.25, 0.3) is 0 Å². The largest absolute Gasteiger partial charge is 0.452 e. The first-order chi connectivity index (χ1) is 14.1. The van der Waals surface area contributed by atoms with Crippen LogP contribution in [-0.2, 0) is 25.8 Å². The first-order valence-corrected chi connectivity index (χ1v) is 10.8. The normalized spacial score (nSPS) is 11.2. The van der Waals surface area contributed by atoms with Crippen molar-refractivity contribution < 1.29 is 36.3 Å². The number of sulfone groups is 1. The molecule has 0 bridgehead atoms. The lowest BCUT2D eigenvalue weighted by Gasteiger charge is -2.09. The van der Waals surface area contributed by atoms with Crippen LogP contribution in [0, 0.1) is 0 Å². The maximum Gasteiger partial charge on any atom is 0.387 e. The molecule has 0 aromatic heterocycles. The van der Waals surface area contributed by atoms with Gasteiger partial charge in [0.15, 0.2) is 16.4 Å². The number of ether oxygens (including phenoxy) is 2. The molecule has 0 unspecified atom stereocenters. The molecule has 0 fully saturated rings. The van der Waals surface area contributed by atoms with Crippen LogP contribution in [0.3, 0.4) is 0 Å². The zero-order valence-corrected chi connectivity index (χ0v) is 17.3. The maximum atomic E-state index is 12.1. The smallest absolute Gasteiger partial charge is 0.387 e. The van der Waals surface area contributed by atoms with Gasteiger partial charge in [-0.15, -0.1) is 0 Å². The van der Waals surface area contributed by atoms with E-state index in [9.17, 15) is 26.8 Å². The van der Waals surface area contributed by atoms with Gasteiger partial charge in [0, 0.05) is 12.8 Å². The molecule has 11 heteroatoms. The molecule has 0 radical (unpaired) electrons. The molecular formula is C19H18ClF2NO6S. The molecule has 0 saturated carbocycles.